The standard InChI is InChI=1S/C18H10F5N/c1-9-5-4-8-24-18(9)11-7-3-2-6-10(11)12-13(19)15(21)17(23)16(22)14(12)20/h2-8H,1H3. The highest BCUT2D eigenvalue weighted by atomic mass is 19.2. The Hall–Kier alpha value is -2.76. The fourth-order valence-electron chi connectivity index (χ4n) is 2.52. The second-order valence-corrected chi connectivity index (χ2v) is 5.16. The molecule has 0 amide bonds. The zero-order valence-corrected chi connectivity index (χ0v) is 12.4. The van der Waals surface area contributed by atoms with Crippen LogP contribution in [0, 0.1) is 36.0 Å². The van der Waals surface area contributed by atoms with Crippen LogP contribution < -0.4 is 0 Å². The van der Waals surface area contributed by atoms with Gasteiger partial charge >= 0.3 is 0 Å². The fourth-order valence-corrected chi connectivity index (χ4v) is 2.52. The lowest BCUT2D eigenvalue weighted by Crippen LogP contribution is -2.05. The first-order chi connectivity index (χ1) is 11.4. The molecular weight excluding hydrogens is 325 g/mol. The number of rotatable bonds is 2. The van der Waals surface area contributed by atoms with E-state index in [9.17, 15) is 22.0 Å². The van der Waals surface area contributed by atoms with E-state index in [0.717, 1.165) is 0 Å². The Morgan fingerprint density at radius 2 is 1.21 bits per heavy atom. The lowest BCUT2D eigenvalue weighted by molar-refractivity contribution is 0.381. The summed E-state index contributed by atoms with van der Waals surface area (Å²) in [6, 6.07) is 9.27. The van der Waals surface area contributed by atoms with Gasteiger partial charge < -0.3 is 0 Å². The normalized spacial score (nSPS) is 10.9. The number of halogens is 5. The highest BCUT2D eigenvalue weighted by Gasteiger charge is 2.28. The van der Waals surface area contributed by atoms with Crippen LogP contribution in [0.15, 0.2) is 42.6 Å². The van der Waals surface area contributed by atoms with Crippen LogP contribution in [0.5, 0.6) is 0 Å². The van der Waals surface area contributed by atoms with Crippen LogP contribution >= 0.6 is 0 Å². The molecule has 0 aliphatic rings. The van der Waals surface area contributed by atoms with E-state index in [1.807, 2.05) is 0 Å². The smallest absolute Gasteiger partial charge is 0.200 e. The van der Waals surface area contributed by atoms with Gasteiger partial charge in [-0.15, -0.1) is 0 Å². The average molecular weight is 335 g/mol. The first-order valence-corrected chi connectivity index (χ1v) is 6.96. The summed E-state index contributed by atoms with van der Waals surface area (Å²) in [6.07, 6.45) is 1.48. The van der Waals surface area contributed by atoms with E-state index in [-0.39, 0.29) is 11.1 Å². The van der Waals surface area contributed by atoms with Gasteiger partial charge in [0.1, 0.15) is 0 Å². The number of pyridine rings is 1. The van der Waals surface area contributed by atoms with Crippen molar-refractivity contribution in [3.8, 4) is 22.4 Å². The molecule has 0 bridgehead atoms. The Bertz CT molecular complexity index is 908. The molecule has 122 valence electrons. The summed E-state index contributed by atoms with van der Waals surface area (Å²) in [4.78, 5) is 4.15. The van der Waals surface area contributed by atoms with Crippen molar-refractivity contribution in [3.63, 3.8) is 0 Å². The van der Waals surface area contributed by atoms with Gasteiger partial charge in [0, 0.05) is 11.8 Å². The maximum Gasteiger partial charge on any atom is 0.200 e. The topological polar surface area (TPSA) is 12.9 Å². The van der Waals surface area contributed by atoms with Crippen LogP contribution in [0.2, 0.25) is 0 Å². The maximum absolute atomic E-state index is 14.1. The molecule has 0 spiro atoms. The summed E-state index contributed by atoms with van der Waals surface area (Å²) in [5, 5.41) is 0. The monoisotopic (exact) mass is 335 g/mol. The number of aryl methyl sites for hydroxylation is 1. The van der Waals surface area contributed by atoms with Gasteiger partial charge in [-0.05, 0) is 24.1 Å². The third-order valence-corrected chi connectivity index (χ3v) is 3.67. The first-order valence-electron chi connectivity index (χ1n) is 6.96. The summed E-state index contributed by atoms with van der Waals surface area (Å²) >= 11 is 0. The van der Waals surface area contributed by atoms with E-state index in [1.165, 1.54) is 24.4 Å². The Morgan fingerprint density at radius 1 is 0.667 bits per heavy atom. The van der Waals surface area contributed by atoms with Crippen LogP contribution in [0.3, 0.4) is 0 Å². The van der Waals surface area contributed by atoms with Crippen LogP contribution in [0.25, 0.3) is 22.4 Å². The van der Waals surface area contributed by atoms with Gasteiger partial charge in [-0.1, -0.05) is 30.3 Å². The van der Waals surface area contributed by atoms with E-state index < -0.39 is 34.6 Å². The molecule has 24 heavy (non-hydrogen) atoms. The van der Waals surface area contributed by atoms with Crippen LogP contribution in [0.4, 0.5) is 22.0 Å². The molecule has 0 radical (unpaired) electrons. The summed E-state index contributed by atoms with van der Waals surface area (Å²) in [6.45, 7) is 1.73. The Labute approximate surface area is 134 Å². The molecule has 1 aromatic heterocycles. The minimum atomic E-state index is -2.18. The summed E-state index contributed by atoms with van der Waals surface area (Å²) in [7, 11) is 0. The minimum Gasteiger partial charge on any atom is -0.256 e. The van der Waals surface area contributed by atoms with E-state index in [2.05, 4.69) is 4.98 Å². The highest BCUT2D eigenvalue weighted by molar-refractivity contribution is 5.83. The van der Waals surface area contributed by atoms with Gasteiger partial charge in [0.25, 0.3) is 0 Å². The summed E-state index contributed by atoms with van der Waals surface area (Å²) < 4.78 is 68.6. The van der Waals surface area contributed by atoms with Gasteiger partial charge in [0.2, 0.25) is 5.82 Å². The predicted octanol–water partition coefficient (Wildman–Crippen LogP) is 5.42. The molecule has 0 unspecified atom stereocenters. The average Bonchev–Trinajstić information content (AvgIpc) is 2.59. The van der Waals surface area contributed by atoms with Crippen LogP contribution in [-0.2, 0) is 0 Å². The molecule has 0 N–H and O–H groups in total. The number of benzene rings is 2. The molecule has 6 heteroatoms. The van der Waals surface area contributed by atoms with Gasteiger partial charge in [-0.25, -0.2) is 22.0 Å². The summed E-state index contributed by atoms with van der Waals surface area (Å²) in [5.74, 6) is -9.87. The minimum absolute atomic E-state index is 0.118. The van der Waals surface area contributed by atoms with Crippen LogP contribution in [0.1, 0.15) is 5.56 Å². The molecule has 2 aromatic carbocycles. The third kappa shape index (κ3) is 2.44. The van der Waals surface area contributed by atoms with E-state index >= 15 is 0 Å². The number of hydrogen-bond acceptors (Lipinski definition) is 1. The first kappa shape index (κ1) is 16.1. The molecule has 0 aliphatic carbocycles. The van der Waals surface area contributed by atoms with Crippen molar-refractivity contribution in [2.45, 2.75) is 6.92 Å². The third-order valence-electron chi connectivity index (χ3n) is 3.67. The molecule has 0 atom stereocenters. The van der Waals surface area contributed by atoms with Crippen molar-refractivity contribution in [2.24, 2.45) is 0 Å². The van der Waals surface area contributed by atoms with Crippen LogP contribution in [-0.4, -0.2) is 4.98 Å². The highest BCUT2D eigenvalue weighted by Crippen LogP contribution is 2.37. The largest absolute Gasteiger partial charge is 0.256 e. The van der Waals surface area contributed by atoms with Crippen molar-refractivity contribution < 1.29 is 22.0 Å². The molecule has 3 aromatic rings. The van der Waals surface area contributed by atoms with Crippen molar-refractivity contribution in [2.75, 3.05) is 0 Å². The zero-order chi connectivity index (χ0) is 17.4. The van der Waals surface area contributed by atoms with E-state index in [1.54, 1.807) is 25.1 Å². The molecule has 1 heterocycles. The fraction of sp³-hybridized carbons (Fsp3) is 0.0556. The van der Waals surface area contributed by atoms with E-state index in [0.29, 0.717) is 11.3 Å². The Kier molecular flexibility index (Phi) is 4.05. The lowest BCUT2D eigenvalue weighted by Gasteiger charge is -2.14. The van der Waals surface area contributed by atoms with Gasteiger partial charge in [0.05, 0.1) is 11.3 Å². The second kappa shape index (κ2) is 6.03. The number of hydrogen-bond donors (Lipinski definition) is 0. The maximum atomic E-state index is 14.1. The lowest BCUT2D eigenvalue weighted by atomic mass is 9.94. The van der Waals surface area contributed by atoms with Crippen molar-refractivity contribution in [1.29, 1.82) is 0 Å². The van der Waals surface area contributed by atoms with Gasteiger partial charge in [0.15, 0.2) is 23.3 Å². The van der Waals surface area contributed by atoms with E-state index in [4.69, 9.17) is 0 Å². The molecule has 1 nitrogen and oxygen atoms in total. The second-order valence-electron chi connectivity index (χ2n) is 5.16. The zero-order valence-electron chi connectivity index (χ0n) is 12.4. The van der Waals surface area contributed by atoms with Crippen molar-refractivity contribution in [3.05, 3.63) is 77.2 Å². The Balaban J connectivity index is 2.37. The molecule has 0 saturated heterocycles. The molecule has 0 aliphatic heterocycles. The SMILES string of the molecule is Cc1cccnc1-c1ccccc1-c1c(F)c(F)c(F)c(F)c1F. The molecular formula is C18H10F5N. The molecule has 0 fully saturated rings. The number of nitrogens with zero attached hydrogens (tertiary/aromatic N) is 1. The predicted molar refractivity (Wildman–Crippen MR) is 79.6 cm³/mol. The van der Waals surface area contributed by atoms with Crippen molar-refractivity contribution >= 4 is 0 Å². The van der Waals surface area contributed by atoms with Gasteiger partial charge in [-0.2, -0.15) is 0 Å². The van der Waals surface area contributed by atoms with Gasteiger partial charge in [-0.3, -0.25) is 4.98 Å². The molecule has 3 rings (SSSR count). The summed E-state index contributed by atoms with van der Waals surface area (Å²) in [5.41, 5.74) is 0.295. The van der Waals surface area contributed by atoms with Crippen molar-refractivity contribution in [1.82, 2.24) is 4.98 Å². The quantitative estimate of drug-likeness (QED) is 0.346. The Morgan fingerprint density at radius 3 is 1.79 bits per heavy atom. The number of aromatic nitrogens is 1. The molecule has 0 saturated carbocycles.